The summed E-state index contributed by atoms with van der Waals surface area (Å²) in [5, 5.41) is 22.7. The summed E-state index contributed by atoms with van der Waals surface area (Å²) in [6, 6.07) is 4.48. The number of hydrogen-bond acceptors (Lipinski definition) is 3. The van der Waals surface area contributed by atoms with Crippen LogP contribution in [0.25, 0.3) is 0 Å². The number of rotatable bonds is 7. The van der Waals surface area contributed by atoms with Gasteiger partial charge in [0.2, 0.25) is 0 Å². The second-order valence-electron chi connectivity index (χ2n) is 4.28. The van der Waals surface area contributed by atoms with Crippen molar-refractivity contribution in [1.29, 1.82) is 0 Å². The lowest BCUT2D eigenvalue weighted by Gasteiger charge is -2.14. The van der Waals surface area contributed by atoms with E-state index in [2.05, 4.69) is 10.6 Å². The zero-order chi connectivity index (χ0) is 15.8. The molecular weight excluding hydrogens is 300 g/mol. The SMILES string of the molecule is O=C(O)CCCC(NC(=O)Nc1ccc(Cl)cc1)C(=O)O. The molecule has 1 rings (SSSR count). The molecule has 21 heavy (non-hydrogen) atoms. The van der Waals surface area contributed by atoms with E-state index in [9.17, 15) is 14.4 Å². The average Bonchev–Trinajstić information content (AvgIpc) is 2.39. The highest BCUT2D eigenvalue weighted by Crippen LogP contribution is 2.13. The largest absolute Gasteiger partial charge is 0.481 e. The van der Waals surface area contributed by atoms with Crippen molar-refractivity contribution in [3.05, 3.63) is 29.3 Å². The molecular formula is C13H15ClN2O5. The first-order chi connectivity index (χ1) is 9.88. The van der Waals surface area contributed by atoms with Gasteiger partial charge in [0, 0.05) is 17.1 Å². The van der Waals surface area contributed by atoms with Crippen molar-refractivity contribution in [2.75, 3.05) is 5.32 Å². The van der Waals surface area contributed by atoms with E-state index in [0.717, 1.165) is 0 Å². The van der Waals surface area contributed by atoms with Crippen molar-refractivity contribution in [2.45, 2.75) is 25.3 Å². The Morgan fingerprint density at radius 2 is 1.76 bits per heavy atom. The zero-order valence-corrected chi connectivity index (χ0v) is 11.8. The van der Waals surface area contributed by atoms with Crippen molar-refractivity contribution >= 4 is 35.3 Å². The Labute approximate surface area is 125 Å². The van der Waals surface area contributed by atoms with Gasteiger partial charge in [-0.3, -0.25) is 4.79 Å². The van der Waals surface area contributed by atoms with Crippen LogP contribution < -0.4 is 10.6 Å². The van der Waals surface area contributed by atoms with Gasteiger partial charge in [-0.05, 0) is 37.1 Å². The molecule has 0 bridgehead atoms. The number of carboxylic acid groups (broad SMARTS) is 2. The quantitative estimate of drug-likeness (QED) is 0.615. The standard InChI is InChI=1S/C13H15ClN2O5/c14-8-4-6-9(7-5-8)15-13(21)16-10(12(19)20)2-1-3-11(17)18/h4-7,10H,1-3H2,(H,17,18)(H,19,20)(H2,15,16,21). The number of carboxylic acids is 2. The maximum atomic E-state index is 11.7. The normalized spacial score (nSPS) is 11.5. The summed E-state index contributed by atoms with van der Waals surface area (Å²) < 4.78 is 0. The average molecular weight is 315 g/mol. The van der Waals surface area contributed by atoms with Gasteiger partial charge in [-0.1, -0.05) is 11.6 Å². The Morgan fingerprint density at radius 3 is 2.29 bits per heavy atom. The van der Waals surface area contributed by atoms with Gasteiger partial charge >= 0.3 is 18.0 Å². The third-order valence-corrected chi connectivity index (χ3v) is 2.84. The van der Waals surface area contributed by atoms with Crippen LogP contribution in [-0.2, 0) is 9.59 Å². The predicted octanol–water partition coefficient (Wildman–Crippen LogP) is 2.17. The molecule has 114 valence electrons. The summed E-state index contributed by atoms with van der Waals surface area (Å²) in [5.41, 5.74) is 0.464. The number of anilines is 1. The molecule has 0 saturated heterocycles. The lowest BCUT2D eigenvalue weighted by molar-refractivity contribution is -0.140. The second kappa shape index (κ2) is 8.11. The Balaban J connectivity index is 2.50. The third kappa shape index (κ3) is 6.62. The van der Waals surface area contributed by atoms with Crippen molar-refractivity contribution in [2.24, 2.45) is 0 Å². The number of carbonyl (C=O) groups is 3. The van der Waals surface area contributed by atoms with E-state index < -0.39 is 24.0 Å². The number of amides is 2. The summed E-state index contributed by atoms with van der Waals surface area (Å²) in [5.74, 6) is -2.23. The summed E-state index contributed by atoms with van der Waals surface area (Å²) in [4.78, 5) is 33.1. The Hall–Kier alpha value is -2.28. The van der Waals surface area contributed by atoms with Crippen molar-refractivity contribution in [3.8, 4) is 0 Å². The smallest absolute Gasteiger partial charge is 0.326 e. The first-order valence-corrected chi connectivity index (χ1v) is 6.54. The molecule has 0 fully saturated rings. The molecule has 1 unspecified atom stereocenters. The number of carbonyl (C=O) groups excluding carboxylic acids is 1. The van der Waals surface area contributed by atoms with Crippen LogP contribution in [0.5, 0.6) is 0 Å². The Morgan fingerprint density at radius 1 is 1.14 bits per heavy atom. The van der Waals surface area contributed by atoms with Gasteiger partial charge < -0.3 is 20.8 Å². The van der Waals surface area contributed by atoms with Gasteiger partial charge in [0.1, 0.15) is 6.04 Å². The Bertz CT molecular complexity index is 518. The van der Waals surface area contributed by atoms with Crippen LogP contribution in [-0.4, -0.2) is 34.2 Å². The first-order valence-electron chi connectivity index (χ1n) is 6.16. The summed E-state index contributed by atoms with van der Waals surface area (Å²) >= 11 is 5.70. The zero-order valence-electron chi connectivity index (χ0n) is 11.0. The third-order valence-electron chi connectivity index (χ3n) is 2.59. The van der Waals surface area contributed by atoms with Crippen LogP contribution in [0.4, 0.5) is 10.5 Å². The first kappa shape index (κ1) is 16.8. The molecule has 2 amide bonds. The molecule has 0 aromatic heterocycles. The summed E-state index contributed by atoms with van der Waals surface area (Å²) in [7, 11) is 0. The highest BCUT2D eigenvalue weighted by Gasteiger charge is 2.19. The number of benzene rings is 1. The van der Waals surface area contributed by atoms with E-state index in [0.29, 0.717) is 10.7 Å². The molecule has 0 radical (unpaired) electrons. The summed E-state index contributed by atoms with van der Waals surface area (Å²) in [6.07, 6.45) is 0.0491. The van der Waals surface area contributed by atoms with E-state index in [-0.39, 0.29) is 19.3 Å². The van der Waals surface area contributed by atoms with E-state index >= 15 is 0 Å². The van der Waals surface area contributed by atoms with Crippen molar-refractivity contribution in [3.63, 3.8) is 0 Å². The van der Waals surface area contributed by atoms with E-state index in [1.54, 1.807) is 24.3 Å². The fraction of sp³-hybridized carbons (Fsp3) is 0.308. The fourth-order valence-electron chi connectivity index (χ4n) is 1.57. The maximum Gasteiger partial charge on any atom is 0.326 e. The molecule has 1 aromatic carbocycles. The molecule has 0 saturated carbocycles. The topological polar surface area (TPSA) is 116 Å². The van der Waals surface area contributed by atoms with Crippen molar-refractivity contribution in [1.82, 2.24) is 5.32 Å². The minimum Gasteiger partial charge on any atom is -0.481 e. The molecule has 1 atom stereocenters. The predicted molar refractivity (Wildman–Crippen MR) is 76.5 cm³/mol. The molecule has 0 heterocycles. The molecule has 4 N–H and O–H groups in total. The van der Waals surface area contributed by atoms with Crippen LogP contribution >= 0.6 is 11.6 Å². The van der Waals surface area contributed by atoms with E-state index in [1.807, 2.05) is 0 Å². The summed E-state index contributed by atoms with van der Waals surface area (Å²) in [6.45, 7) is 0. The molecule has 1 aromatic rings. The number of urea groups is 1. The minimum absolute atomic E-state index is 0.0374. The number of aliphatic carboxylic acids is 2. The highest BCUT2D eigenvalue weighted by atomic mass is 35.5. The van der Waals surface area contributed by atoms with Gasteiger partial charge in [-0.15, -0.1) is 0 Å². The monoisotopic (exact) mass is 314 g/mol. The Kier molecular flexibility index (Phi) is 6.48. The maximum absolute atomic E-state index is 11.7. The molecule has 8 heteroatoms. The van der Waals surface area contributed by atoms with E-state index in [1.165, 1.54) is 0 Å². The van der Waals surface area contributed by atoms with Crippen LogP contribution in [0.2, 0.25) is 5.02 Å². The molecule has 0 spiro atoms. The number of hydrogen-bond donors (Lipinski definition) is 4. The van der Waals surface area contributed by atoms with Crippen LogP contribution in [0.15, 0.2) is 24.3 Å². The van der Waals surface area contributed by atoms with Crippen LogP contribution in [0.3, 0.4) is 0 Å². The minimum atomic E-state index is -1.22. The van der Waals surface area contributed by atoms with Gasteiger partial charge in [0.15, 0.2) is 0 Å². The second-order valence-corrected chi connectivity index (χ2v) is 4.72. The highest BCUT2D eigenvalue weighted by molar-refractivity contribution is 6.30. The van der Waals surface area contributed by atoms with Gasteiger partial charge in [-0.25, -0.2) is 9.59 Å². The number of halogens is 1. The molecule has 0 aliphatic heterocycles. The van der Waals surface area contributed by atoms with Gasteiger partial charge in [0.05, 0.1) is 0 Å². The van der Waals surface area contributed by atoms with Gasteiger partial charge in [0.25, 0.3) is 0 Å². The van der Waals surface area contributed by atoms with Crippen LogP contribution in [0, 0.1) is 0 Å². The molecule has 0 aliphatic rings. The molecule has 0 aliphatic carbocycles. The van der Waals surface area contributed by atoms with E-state index in [4.69, 9.17) is 21.8 Å². The fourth-order valence-corrected chi connectivity index (χ4v) is 1.70. The van der Waals surface area contributed by atoms with Crippen molar-refractivity contribution < 1.29 is 24.6 Å². The van der Waals surface area contributed by atoms with Crippen LogP contribution in [0.1, 0.15) is 19.3 Å². The lowest BCUT2D eigenvalue weighted by Crippen LogP contribution is -2.43. The van der Waals surface area contributed by atoms with Gasteiger partial charge in [-0.2, -0.15) is 0 Å². The number of nitrogens with one attached hydrogen (secondary N) is 2. The molecule has 7 nitrogen and oxygen atoms in total. The lowest BCUT2D eigenvalue weighted by atomic mass is 10.1.